The van der Waals surface area contributed by atoms with E-state index in [0.717, 1.165) is 29.7 Å². The molecular weight excluding hydrogens is 204 g/mol. The molecule has 0 spiro atoms. The fourth-order valence-electron chi connectivity index (χ4n) is 1.85. The van der Waals surface area contributed by atoms with E-state index in [1.54, 1.807) is 4.57 Å². The Balaban J connectivity index is 2.54. The maximum absolute atomic E-state index is 10.7. The molecule has 16 heavy (non-hydrogen) atoms. The zero-order chi connectivity index (χ0) is 11.5. The highest BCUT2D eigenvalue weighted by Crippen LogP contribution is 2.16. The Kier molecular flexibility index (Phi) is 2.90. The second-order valence-electron chi connectivity index (χ2n) is 3.72. The minimum Gasteiger partial charge on any atom is -0.548 e. The van der Waals surface area contributed by atoms with Crippen LogP contribution in [0.3, 0.4) is 0 Å². The molecule has 84 valence electrons. The SMILES string of the molecule is CCCc1nc2ccccc2n1CC(=O)[O-]. The zero-order valence-electron chi connectivity index (χ0n) is 9.14. The number of benzene rings is 1. The van der Waals surface area contributed by atoms with Gasteiger partial charge >= 0.3 is 0 Å². The third-order valence-electron chi connectivity index (χ3n) is 2.49. The van der Waals surface area contributed by atoms with Crippen molar-refractivity contribution in [3.05, 3.63) is 30.1 Å². The first-order chi connectivity index (χ1) is 7.72. The first kappa shape index (κ1) is 10.7. The predicted octanol–water partition coefficient (Wildman–Crippen LogP) is 0.739. The van der Waals surface area contributed by atoms with Crippen molar-refractivity contribution in [2.45, 2.75) is 26.3 Å². The number of para-hydroxylation sites is 2. The number of nitrogens with zero attached hydrogens (tertiary/aromatic N) is 2. The third-order valence-corrected chi connectivity index (χ3v) is 2.49. The van der Waals surface area contributed by atoms with E-state index >= 15 is 0 Å². The van der Waals surface area contributed by atoms with E-state index in [4.69, 9.17) is 0 Å². The van der Waals surface area contributed by atoms with Gasteiger partial charge in [-0.05, 0) is 18.6 Å². The number of aryl methyl sites for hydroxylation is 1. The van der Waals surface area contributed by atoms with Gasteiger partial charge < -0.3 is 14.5 Å². The van der Waals surface area contributed by atoms with Crippen molar-refractivity contribution >= 4 is 17.0 Å². The van der Waals surface area contributed by atoms with Gasteiger partial charge in [0.2, 0.25) is 0 Å². The molecule has 0 aliphatic rings. The molecule has 4 heteroatoms. The van der Waals surface area contributed by atoms with Crippen LogP contribution in [0.15, 0.2) is 24.3 Å². The van der Waals surface area contributed by atoms with Crippen LogP contribution < -0.4 is 5.11 Å². The molecule has 4 nitrogen and oxygen atoms in total. The van der Waals surface area contributed by atoms with Gasteiger partial charge in [-0.2, -0.15) is 0 Å². The minimum absolute atomic E-state index is 0.129. The molecule has 0 unspecified atom stereocenters. The van der Waals surface area contributed by atoms with Gasteiger partial charge in [0.25, 0.3) is 0 Å². The van der Waals surface area contributed by atoms with Crippen LogP contribution in [0.25, 0.3) is 11.0 Å². The van der Waals surface area contributed by atoms with E-state index in [9.17, 15) is 9.90 Å². The molecule has 0 aliphatic heterocycles. The maximum atomic E-state index is 10.7. The van der Waals surface area contributed by atoms with Crippen LogP contribution in [0.4, 0.5) is 0 Å². The second-order valence-corrected chi connectivity index (χ2v) is 3.72. The molecule has 0 saturated carbocycles. The summed E-state index contributed by atoms with van der Waals surface area (Å²) in [6, 6.07) is 7.55. The number of imidazole rings is 1. The number of fused-ring (bicyclic) bond motifs is 1. The molecule has 0 radical (unpaired) electrons. The van der Waals surface area contributed by atoms with Crippen molar-refractivity contribution in [3.63, 3.8) is 0 Å². The summed E-state index contributed by atoms with van der Waals surface area (Å²) in [5.41, 5.74) is 1.70. The van der Waals surface area contributed by atoms with Crippen LogP contribution in [-0.2, 0) is 17.8 Å². The molecule has 0 aliphatic carbocycles. The van der Waals surface area contributed by atoms with Gasteiger partial charge in [-0.1, -0.05) is 19.1 Å². The van der Waals surface area contributed by atoms with E-state index < -0.39 is 5.97 Å². The van der Waals surface area contributed by atoms with Crippen molar-refractivity contribution in [2.24, 2.45) is 0 Å². The highest BCUT2D eigenvalue weighted by Gasteiger charge is 2.08. The molecule has 1 aromatic heterocycles. The topological polar surface area (TPSA) is 58.0 Å². The second kappa shape index (κ2) is 4.35. The van der Waals surface area contributed by atoms with Crippen molar-refractivity contribution in [1.82, 2.24) is 9.55 Å². The lowest BCUT2D eigenvalue weighted by atomic mass is 10.3. The smallest absolute Gasteiger partial charge is 0.110 e. The number of hydrogen-bond donors (Lipinski definition) is 0. The molecule has 0 fully saturated rings. The van der Waals surface area contributed by atoms with Crippen molar-refractivity contribution in [3.8, 4) is 0 Å². The van der Waals surface area contributed by atoms with Gasteiger partial charge in [-0.15, -0.1) is 0 Å². The van der Waals surface area contributed by atoms with Gasteiger partial charge in [0.15, 0.2) is 0 Å². The van der Waals surface area contributed by atoms with Gasteiger partial charge in [0.1, 0.15) is 5.82 Å². The van der Waals surface area contributed by atoms with E-state index in [1.807, 2.05) is 31.2 Å². The average molecular weight is 217 g/mol. The van der Waals surface area contributed by atoms with Crippen LogP contribution in [0.2, 0.25) is 0 Å². The lowest BCUT2D eigenvalue weighted by Gasteiger charge is -2.08. The fourth-order valence-corrected chi connectivity index (χ4v) is 1.85. The third kappa shape index (κ3) is 1.91. The van der Waals surface area contributed by atoms with Crippen LogP contribution in [0.5, 0.6) is 0 Å². The standard InChI is InChI=1S/C12H14N2O2/c1-2-5-11-13-9-6-3-4-7-10(9)14(11)8-12(15)16/h3-4,6-7H,2,5,8H2,1H3,(H,15,16)/p-1. The molecule has 0 amide bonds. The molecule has 0 bridgehead atoms. The predicted molar refractivity (Wildman–Crippen MR) is 58.7 cm³/mol. The summed E-state index contributed by atoms with van der Waals surface area (Å²) < 4.78 is 1.72. The fraction of sp³-hybridized carbons (Fsp3) is 0.333. The lowest BCUT2D eigenvalue weighted by molar-refractivity contribution is -0.306. The van der Waals surface area contributed by atoms with Crippen LogP contribution in [0, 0.1) is 0 Å². The largest absolute Gasteiger partial charge is 0.548 e. The number of rotatable bonds is 4. The lowest BCUT2D eigenvalue weighted by Crippen LogP contribution is -2.28. The molecule has 0 saturated heterocycles. The molecule has 1 heterocycles. The summed E-state index contributed by atoms with van der Waals surface area (Å²) in [6.45, 7) is 1.92. The summed E-state index contributed by atoms with van der Waals surface area (Å²) in [5, 5.41) is 10.7. The van der Waals surface area contributed by atoms with Gasteiger partial charge in [0.05, 0.1) is 23.5 Å². The average Bonchev–Trinajstić information content (AvgIpc) is 2.57. The van der Waals surface area contributed by atoms with E-state index in [-0.39, 0.29) is 6.54 Å². The highest BCUT2D eigenvalue weighted by atomic mass is 16.4. The number of aromatic nitrogens is 2. The molecular formula is C12H13N2O2-. The summed E-state index contributed by atoms with van der Waals surface area (Å²) in [6.07, 6.45) is 1.72. The number of carboxylic acid groups (broad SMARTS) is 1. The first-order valence-corrected chi connectivity index (χ1v) is 5.36. The molecule has 1 aromatic carbocycles. The summed E-state index contributed by atoms with van der Waals surface area (Å²) in [7, 11) is 0. The zero-order valence-corrected chi connectivity index (χ0v) is 9.14. The Labute approximate surface area is 93.5 Å². The summed E-state index contributed by atoms with van der Waals surface area (Å²) in [5.74, 6) is -0.270. The highest BCUT2D eigenvalue weighted by molar-refractivity contribution is 5.78. The van der Waals surface area contributed by atoms with Gasteiger partial charge in [-0.25, -0.2) is 4.98 Å². The molecule has 0 atom stereocenters. The first-order valence-electron chi connectivity index (χ1n) is 5.36. The monoisotopic (exact) mass is 217 g/mol. The molecule has 0 N–H and O–H groups in total. The molecule has 2 rings (SSSR count). The quantitative estimate of drug-likeness (QED) is 0.759. The number of carboxylic acids is 1. The Morgan fingerprint density at radius 3 is 2.88 bits per heavy atom. The van der Waals surface area contributed by atoms with E-state index in [0.29, 0.717) is 0 Å². The van der Waals surface area contributed by atoms with E-state index in [1.165, 1.54) is 0 Å². The van der Waals surface area contributed by atoms with Crippen molar-refractivity contribution < 1.29 is 9.90 Å². The Morgan fingerprint density at radius 1 is 1.44 bits per heavy atom. The maximum Gasteiger partial charge on any atom is 0.110 e. The number of hydrogen-bond acceptors (Lipinski definition) is 3. The molecule has 2 aromatic rings. The summed E-state index contributed by atoms with van der Waals surface area (Å²) >= 11 is 0. The van der Waals surface area contributed by atoms with Crippen LogP contribution >= 0.6 is 0 Å². The Morgan fingerprint density at radius 2 is 2.19 bits per heavy atom. The number of carbonyl (C=O) groups excluding carboxylic acids is 1. The van der Waals surface area contributed by atoms with Crippen LogP contribution in [0.1, 0.15) is 19.2 Å². The Hall–Kier alpha value is -1.84. The van der Waals surface area contributed by atoms with Crippen molar-refractivity contribution in [1.29, 1.82) is 0 Å². The van der Waals surface area contributed by atoms with Gasteiger partial charge in [-0.3, -0.25) is 0 Å². The number of aliphatic carboxylic acids is 1. The van der Waals surface area contributed by atoms with Gasteiger partial charge in [0, 0.05) is 6.42 Å². The van der Waals surface area contributed by atoms with Crippen LogP contribution in [-0.4, -0.2) is 15.5 Å². The number of carbonyl (C=O) groups is 1. The Bertz CT molecular complexity index is 517. The minimum atomic E-state index is -1.08. The van der Waals surface area contributed by atoms with E-state index in [2.05, 4.69) is 4.98 Å². The summed E-state index contributed by atoms with van der Waals surface area (Å²) in [4.78, 5) is 15.1. The normalized spacial score (nSPS) is 10.8. The van der Waals surface area contributed by atoms with Crippen molar-refractivity contribution in [2.75, 3.05) is 0 Å².